The average molecular weight is 342 g/mol. The van der Waals surface area contributed by atoms with Gasteiger partial charge in [0.2, 0.25) is 0 Å². The molecule has 134 valence electrons. The summed E-state index contributed by atoms with van der Waals surface area (Å²) in [6.45, 7) is 7.48. The molecule has 25 heavy (non-hydrogen) atoms. The molecule has 0 aliphatic carbocycles. The molecule has 1 aliphatic rings. The van der Waals surface area contributed by atoms with Crippen molar-refractivity contribution in [2.75, 3.05) is 32.8 Å². The third kappa shape index (κ3) is 5.18. The number of hydrogen-bond acceptors (Lipinski definition) is 4. The normalized spacial score (nSPS) is 21.2. The molecule has 2 atom stereocenters. The SMILES string of the molecule is CC1CN(CCNC(=O)COc2ccc3ccccc3c2)CC(C)O1. The molecule has 5 nitrogen and oxygen atoms in total. The second-order valence-electron chi connectivity index (χ2n) is 6.66. The van der Waals surface area contributed by atoms with Gasteiger partial charge in [-0.25, -0.2) is 0 Å². The van der Waals surface area contributed by atoms with Crippen molar-refractivity contribution in [2.45, 2.75) is 26.1 Å². The maximum absolute atomic E-state index is 12.0. The highest BCUT2D eigenvalue weighted by Gasteiger charge is 2.21. The predicted octanol–water partition coefficient (Wildman–Crippen LogP) is 2.44. The number of carbonyl (C=O) groups excluding carboxylic acids is 1. The van der Waals surface area contributed by atoms with Gasteiger partial charge in [0.25, 0.3) is 5.91 Å². The number of ether oxygens (including phenoxy) is 2. The maximum atomic E-state index is 12.0. The van der Waals surface area contributed by atoms with Crippen LogP contribution in [0.25, 0.3) is 10.8 Å². The highest BCUT2D eigenvalue weighted by atomic mass is 16.5. The molecule has 0 aromatic heterocycles. The molecule has 3 rings (SSSR count). The molecule has 1 N–H and O–H groups in total. The maximum Gasteiger partial charge on any atom is 0.257 e. The Balaban J connectivity index is 1.40. The molecule has 1 aliphatic heterocycles. The number of morpholine rings is 1. The fourth-order valence-electron chi connectivity index (χ4n) is 3.28. The number of carbonyl (C=O) groups is 1. The Morgan fingerprint density at radius 2 is 1.88 bits per heavy atom. The Hall–Kier alpha value is -2.11. The number of hydrogen-bond donors (Lipinski definition) is 1. The monoisotopic (exact) mass is 342 g/mol. The molecule has 2 unspecified atom stereocenters. The van der Waals surface area contributed by atoms with Crippen LogP contribution in [-0.2, 0) is 9.53 Å². The molecular formula is C20H26N2O3. The molecular weight excluding hydrogens is 316 g/mol. The summed E-state index contributed by atoms with van der Waals surface area (Å²) in [7, 11) is 0. The van der Waals surface area contributed by atoms with Gasteiger partial charge in [-0.1, -0.05) is 30.3 Å². The zero-order valence-corrected chi connectivity index (χ0v) is 14.9. The van der Waals surface area contributed by atoms with Gasteiger partial charge in [-0.2, -0.15) is 0 Å². The van der Waals surface area contributed by atoms with E-state index in [-0.39, 0.29) is 24.7 Å². The van der Waals surface area contributed by atoms with Crippen LogP contribution >= 0.6 is 0 Å². The van der Waals surface area contributed by atoms with Gasteiger partial charge in [0.15, 0.2) is 6.61 Å². The van der Waals surface area contributed by atoms with Crippen LogP contribution in [0.4, 0.5) is 0 Å². The van der Waals surface area contributed by atoms with Crippen LogP contribution in [0.3, 0.4) is 0 Å². The van der Waals surface area contributed by atoms with Gasteiger partial charge in [-0.05, 0) is 36.8 Å². The van der Waals surface area contributed by atoms with E-state index in [2.05, 4.69) is 30.1 Å². The first-order valence-electron chi connectivity index (χ1n) is 8.86. The quantitative estimate of drug-likeness (QED) is 0.876. The molecule has 1 heterocycles. The lowest BCUT2D eigenvalue weighted by Gasteiger charge is -2.35. The van der Waals surface area contributed by atoms with E-state index in [1.807, 2.05) is 36.4 Å². The molecule has 2 aromatic rings. The van der Waals surface area contributed by atoms with Gasteiger partial charge >= 0.3 is 0 Å². The predicted molar refractivity (Wildman–Crippen MR) is 98.9 cm³/mol. The summed E-state index contributed by atoms with van der Waals surface area (Å²) in [6, 6.07) is 13.9. The Kier molecular flexibility index (Phi) is 5.89. The summed E-state index contributed by atoms with van der Waals surface area (Å²) in [4.78, 5) is 14.3. The van der Waals surface area contributed by atoms with Crippen molar-refractivity contribution in [1.82, 2.24) is 10.2 Å². The lowest BCUT2D eigenvalue weighted by Crippen LogP contribution is -2.48. The van der Waals surface area contributed by atoms with E-state index in [0.29, 0.717) is 12.3 Å². The molecule has 0 bridgehead atoms. The van der Waals surface area contributed by atoms with Gasteiger partial charge in [-0.15, -0.1) is 0 Å². The van der Waals surface area contributed by atoms with Crippen molar-refractivity contribution < 1.29 is 14.3 Å². The van der Waals surface area contributed by atoms with Crippen LogP contribution in [0.1, 0.15) is 13.8 Å². The van der Waals surface area contributed by atoms with Crippen molar-refractivity contribution in [1.29, 1.82) is 0 Å². The molecule has 1 amide bonds. The Bertz CT molecular complexity index is 709. The summed E-state index contributed by atoms with van der Waals surface area (Å²) >= 11 is 0. The first-order valence-corrected chi connectivity index (χ1v) is 8.86. The standard InChI is InChI=1S/C20H26N2O3/c1-15-12-22(13-16(2)25-15)10-9-21-20(23)14-24-19-8-7-17-5-3-4-6-18(17)11-19/h3-8,11,15-16H,9-10,12-14H2,1-2H3,(H,21,23). The van der Waals surface area contributed by atoms with Crippen LogP contribution in [0.5, 0.6) is 5.75 Å². The zero-order valence-electron chi connectivity index (χ0n) is 14.9. The molecule has 0 radical (unpaired) electrons. The van der Waals surface area contributed by atoms with Crippen molar-refractivity contribution in [3.63, 3.8) is 0 Å². The first-order chi connectivity index (χ1) is 12.1. The third-order valence-electron chi connectivity index (χ3n) is 4.34. The number of nitrogens with zero attached hydrogens (tertiary/aromatic N) is 1. The van der Waals surface area contributed by atoms with E-state index in [1.165, 1.54) is 0 Å². The highest BCUT2D eigenvalue weighted by Crippen LogP contribution is 2.20. The van der Waals surface area contributed by atoms with Gasteiger partial charge < -0.3 is 14.8 Å². The number of amides is 1. The van der Waals surface area contributed by atoms with Crippen molar-refractivity contribution in [3.8, 4) is 5.75 Å². The molecule has 1 saturated heterocycles. The minimum Gasteiger partial charge on any atom is -0.484 e. The van der Waals surface area contributed by atoms with Gasteiger partial charge in [0.05, 0.1) is 12.2 Å². The van der Waals surface area contributed by atoms with Gasteiger partial charge in [0.1, 0.15) is 5.75 Å². The Morgan fingerprint density at radius 1 is 1.16 bits per heavy atom. The fourth-order valence-corrected chi connectivity index (χ4v) is 3.28. The third-order valence-corrected chi connectivity index (χ3v) is 4.34. The topological polar surface area (TPSA) is 50.8 Å². The number of rotatable bonds is 6. The molecule has 5 heteroatoms. The van der Waals surface area contributed by atoms with E-state index < -0.39 is 0 Å². The number of nitrogens with one attached hydrogen (secondary N) is 1. The Morgan fingerprint density at radius 3 is 2.64 bits per heavy atom. The van der Waals surface area contributed by atoms with E-state index in [4.69, 9.17) is 9.47 Å². The van der Waals surface area contributed by atoms with Crippen molar-refractivity contribution in [2.24, 2.45) is 0 Å². The summed E-state index contributed by atoms with van der Waals surface area (Å²) in [5, 5.41) is 5.19. The van der Waals surface area contributed by atoms with Crippen LogP contribution in [-0.4, -0.2) is 55.8 Å². The highest BCUT2D eigenvalue weighted by molar-refractivity contribution is 5.84. The van der Waals surface area contributed by atoms with E-state index >= 15 is 0 Å². The lowest BCUT2D eigenvalue weighted by molar-refractivity contribution is -0.123. The fraction of sp³-hybridized carbons (Fsp3) is 0.450. The van der Waals surface area contributed by atoms with Crippen molar-refractivity contribution >= 4 is 16.7 Å². The molecule has 0 saturated carbocycles. The van der Waals surface area contributed by atoms with Crippen LogP contribution in [0.2, 0.25) is 0 Å². The van der Waals surface area contributed by atoms with E-state index in [0.717, 1.165) is 30.4 Å². The second-order valence-corrected chi connectivity index (χ2v) is 6.66. The van der Waals surface area contributed by atoms with Crippen LogP contribution < -0.4 is 10.1 Å². The largest absolute Gasteiger partial charge is 0.484 e. The minimum atomic E-state index is -0.0949. The number of fused-ring (bicyclic) bond motifs is 1. The summed E-state index contributed by atoms with van der Waals surface area (Å²) in [5.41, 5.74) is 0. The van der Waals surface area contributed by atoms with E-state index in [1.54, 1.807) is 0 Å². The molecule has 2 aromatic carbocycles. The first kappa shape index (κ1) is 17.7. The number of benzene rings is 2. The second kappa shape index (κ2) is 8.32. The summed E-state index contributed by atoms with van der Waals surface area (Å²) in [6.07, 6.45) is 0.492. The van der Waals surface area contributed by atoms with Gasteiger partial charge in [0, 0.05) is 26.2 Å². The smallest absolute Gasteiger partial charge is 0.257 e. The summed E-state index contributed by atoms with van der Waals surface area (Å²) in [5.74, 6) is 0.618. The minimum absolute atomic E-state index is 0.0360. The van der Waals surface area contributed by atoms with E-state index in [9.17, 15) is 4.79 Å². The summed E-state index contributed by atoms with van der Waals surface area (Å²) < 4.78 is 11.3. The zero-order chi connectivity index (χ0) is 17.6. The molecule has 1 fully saturated rings. The van der Waals surface area contributed by atoms with Gasteiger partial charge in [-0.3, -0.25) is 9.69 Å². The lowest BCUT2D eigenvalue weighted by atomic mass is 10.1. The van der Waals surface area contributed by atoms with Crippen LogP contribution in [0.15, 0.2) is 42.5 Å². The Labute approximate surface area is 148 Å². The van der Waals surface area contributed by atoms with Crippen LogP contribution in [0, 0.1) is 0 Å². The molecule has 0 spiro atoms. The average Bonchev–Trinajstić information content (AvgIpc) is 2.59. The van der Waals surface area contributed by atoms with Crippen molar-refractivity contribution in [3.05, 3.63) is 42.5 Å².